The Balaban J connectivity index is 2.16. The number of halogens is 1. The summed E-state index contributed by atoms with van der Waals surface area (Å²) < 4.78 is 5.76. The summed E-state index contributed by atoms with van der Waals surface area (Å²) in [6.45, 7) is 2.34. The van der Waals surface area contributed by atoms with E-state index in [1.54, 1.807) is 12.1 Å². The van der Waals surface area contributed by atoms with Gasteiger partial charge in [0.15, 0.2) is 5.84 Å². The first-order valence-electron chi connectivity index (χ1n) is 6.06. The van der Waals surface area contributed by atoms with E-state index >= 15 is 0 Å². The molecule has 5 heteroatoms. The first-order chi connectivity index (χ1) is 9.60. The molecule has 2 aromatic carbocycles. The number of ether oxygens (including phenoxy) is 1. The third kappa shape index (κ3) is 3.42. The lowest BCUT2D eigenvalue weighted by Crippen LogP contribution is -2.13. The van der Waals surface area contributed by atoms with Crippen LogP contribution in [0.5, 0.6) is 5.75 Å². The third-order valence-electron chi connectivity index (χ3n) is 2.88. The van der Waals surface area contributed by atoms with E-state index < -0.39 is 0 Å². The van der Waals surface area contributed by atoms with E-state index in [1.807, 2.05) is 37.3 Å². The molecule has 20 heavy (non-hydrogen) atoms. The minimum atomic E-state index is 0.0533. The number of aryl methyl sites for hydroxylation is 1. The van der Waals surface area contributed by atoms with E-state index in [-0.39, 0.29) is 5.84 Å². The fourth-order valence-electron chi connectivity index (χ4n) is 1.76. The molecule has 104 valence electrons. The molecule has 0 heterocycles. The van der Waals surface area contributed by atoms with Crippen molar-refractivity contribution in [2.45, 2.75) is 13.5 Å². The quantitative estimate of drug-likeness (QED) is 0.393. The Morgan fingerprint density at radius 3 is 2.80 bits per heavy atom. The highest BCUT2D eigenvalue weighted by Crippen LogP contribution is 2.21. The van der Waals surface area contributed by atoms with Gasteiger partial charge in [0, 0.05) is 10.6 Å². The molecule has 0 spiro atoms. The van der Waals surface area contributed by atoms with Crippen molar-refractivity contribution in [2.24, 2.45) is 10.9 Å². The standard InChI is InChI=1S/C15H15ClN2O2/c1-10-5-6-12(15(17)18-19)8-14(10)20-9-11-3-2-4-13(16)7-11/h2-8,19H,9H2,1H3,(H2,17,18). The van der Waals surface area contributed by atoms with Gasteiger partial charge in [0.1, 0.15) is 12.4 Å². The first-order valence-corrected chi connectivity index (χ1v) is 6.43. The molecule has 4 nitrogen and oxygen atoms in total. The summed E-state index contributed by atoms with van der Waals surface area (Å²) in [7, 11) is 0. The molecule has 3 N–H and O–H groups in total. The van der Waals surface area contributed by atoms with Crippen LogP contribution in [0.4, 0.5) is 0 Å². The summed E-state index contributed by atoms with van der Waals surface area (Å²) in [5.41, 5.74) is 8.13. The van der Waals surface area contributed by atoms with Gasteiger partial charge in [-0.05, 0) is 36.2 Å². The maximum absolute atomic E-state index is 8.69. The van der Waals surface area contributed by atoms with Crippen molar-refractivity contribution in [1.82, 2.24) is 0 Å². The van der Waals surface area contributed by atoms with Crippen LogP contribution < -0.4 is 10.5 Å². The summed E-state index contributed by atoms with van der Waals surface area (Å²) in [4.78, 5) is 0. The zero-order valence-electron chi connectivity index (χ0n) is 11.0. The minimum absolute atomic E-state index is 0.0533. The Labute approximate surface area is 122 Å². The van der Waals surface area contributed by atoms with Crippen LogP contribution in [0.15, 0.2) is 47.6 Å². The van der Waals surface area contributed by atoms with Gasteiger partial charge in [-0.15, -0.1) is 0 Å². The zero-order chi connectivity index (χ0) is 14.5. The molecule has 0 bridgehead atoms. The fraction of sp³-hybridized carbons (Fsp3) is 0.133. The van der Waals surface area contributed by atoms with Crippen molar-refractivity contribution < 1.29 is 9.94 Å². The number of benzene rings is 2. The Hall–Kier alpha value is -2.20. The molecule has 0 atom stereocenters. The first kappa shape index (κ1) is 14.2. The van der Waals surface area contributed by atoms with E-state index in [2.05, 4.69) is 5.16 Å². The van der Waals surface area contributed by atoms with Crippen LogP contribution in [0.3, 0.4) is 0 Å². The second-order valence-electron chi connectivity index (χ2n) is 4.38. The number of hydrogen-bond donors (Lipinski definition) is 2. The van der Waals surface area contributed by atoms with Crippen molar-refractivity contribution >= 4 is 17.4 Å². The lowest BCUT2D eigenvalue weighted by Gasteiger charge is -2.11. The van der Waals surface area contributed by atoms with Crippen molar-refractivity contribution in [3.05, 3.63) is 64.2 Å². The van der Waals surface area contributed by atoms with E-state index in [9.17, 15) is 0 Å². The number of oxime groups is 1. The van der Waals surface area contributed by atoms with Gasteiger partial charge < -0.3 is 15.7 Å². The Morgan fingerprint density at radius 2 is 2.10 bits per heavy atom. The minimum Gasteiger partial charge on any atom is -0.489 e. The van der Waals surface area contributed by atoms with Crippen LogP contribution >= 0.6 is 11.6 Å². The molecular weight excluding hydrogens is 276 g/mol. The number of hydrogen-bond acceptors (Lipinski definition) is 3. The lowest BCUT2D eigenvalue weighted by atomic mass is 10.1. The van der Waals surface area contributed by atoms with Gasteiger partial charge in [0.25, 0.3) is 0 Å². The molecular formula is C15H15ClN2O2. The summed E-state index contributed by atoms with van der Waals surface area (Å²) in [5, 5.41) is 12.3. The van der Waals surface area contributed by atoms with Gasteiger partial charge in [0.2, 0.25) is 0 Å². The molecule has 0 saturated heterocycles. The molecule has 0 fully saturated rings. The highest BCUT2D eigenvalue weighted by Gasteiger charge is 2.05. The molecule has 0 aliphatic carbocycles. The average Bonchev–Trinajstić information content (AvgIpc) is 2.45. The SMILES string of the molecule is Cc1ccc(/C(N)=N/O)cc1OCc1cccc(Cl)c1. The van der Waals surface area contributed by atoms with Gasteiger partial charge >= 0.3 is 0 Å². The maximum atomic E-state index is 8.69. The molecule has 0 aromatic heterocycles. The number of nitrogens with zero attached hydrogens (tertiary/aromatic N) is 1. The molecule has 0 saturated carbocycles. The maximum Gasteiger partial charge on any atom is 0.170 e. The van der Waals surface area contributed by atoms with Crippen molar-refractivity contribution in [3.63, 3.8) is 0 Å². The van der Waals surface area contributed by atoms with Gasteiger partial charge in [0.05, 0.1) is 0 Å². The number of nitrogens with two attached hydrogens (primary N) is 1. The third-order valence-corrected chi connectivity index (χ3v) is 3.11. The van der Waals surface area contributed by atoms with E-state index in [1.165, 1.54) is 0 Å². The topological polar surface area (TPSA) is 67.8 Å². The van der Waals surface area contributed by atoms with E-state index in [0.717, 1.165) is 11.1 Å². The van der Waals surface area contributed by atoms with Gasteiger partial charge in [-0.2, -0.15) is 0 Å². The summed E-state index contributed by atoms with van der Waals surface area (Å²) in [5.74, 6) is 0.742. The predicted octanol–water partition coefficient (Wildman–Crippen LogP) is 3.32. The van der Waals surface area contributed by atoms with Crippen LogP contribution in [-0.4, -0.2) is 11.0 Å². The molecule has 0 aliphatic heterocycles. The molecule has 0 aliphatic rings. The number of rotatable bonds is 4. The number of amidine groups is 1. The zero-order valence-corrected chi connectivity index (χ0v) is 11.8. The molecule has 2 rings (SSSR count). The highest BCUT2D eigenvalue weighted by atomic mass is 35.5. The normalized spacial score (nSPS) is 11.4. The predicted molar refractivity (Wildman–Crippen MR) is 79.5 cm³/mol. The van der Waals surface area contributed by atoms with Crippen LogP contribution in [0.1, 0.15) is 16.7 Å². The fourth-order valence-corrected chi connectivity index (χ4v) is 1.97. The van der Waals surface area contributed by atoms with Crippen LogP contribution in [-0.2, 0) is 6.61 Å². The van der Waals surface area contributed by atoms with E-state index in [4.69, 9.17) is 27.3 Å². The second-order valence-corrected chi connectivity index (χ2v) is 4.82. The monoisotopic (exact) mass is 290 g/mol. The van der Waals surface area contributed by atoms with Crippen molar-refractivity contribution in [1.29, 1.82) is 0 Å². The van der Waals surface area contributed by atoms with Gasteiger partial charge in [-0.25, -0.2) is 0 Å². The second kappa shape index (κ2) is 6.30. The van der Waals surface area contributed by atoms with E-state index in [0.29, 0.717) is 22.9 Å². The Bertz CT molecular complexity index is 642. The van der Waals surface area contributed by atoms with Crippen LogP contribution in [0.25, 0.3) is 0 Å². The summed E-state index contributed by atoms with van der Waals surface area (Å²) >= 11 is 5.93. The van der Waals surface area contributed by atoms with Crippen molar-refractivity contribution in [2.75, 3.05) is 0 Å². The van der Waals surface area contributed by atoms with Crippen LogP contribution in [0.2, 0.25) is 5.02 Å². The largest absolute Gasteiger partial charge is 0.489 e. The van der Waals surface area contributed by atoms with Crippen molar-refractivity contribution in [3.8, 4) is 5.75 Å². The summed E-state index contributed by atoms with van der Waals surface area (Å²) in [6.07, 6.45) is 0. The Morgan fingerprint density at radius 1 is 1.30 bits per heavy atom. The molecule has 0 amide bonds. The summed E-state index contributed by atoms with van der Waals surface area (Å²) in [6, 6.07) is 12.9. The molecule has 0 unspecified atom stereocenters. The van der Waals surface area contributed by atoms with Gasteiger partial charge in [-0.3, -0.25) is 0 Å². The molecule has 0 radical (unpaired) electrons. The molecule has 2 aromatic rings. The lowest BCUT2D eigenvalue weighted by molar-refractivity contribution is 0.304. The smallest absolute Gasteiger partial charge is 0.170 e. The Kier molecular flexibility index (Phi) is 4.48. The van der Waals surface area contributed by atoms with Crippen LogP contribution in [0, 0.1) is 6.92 Å². The average molecular weight is 291 g/mol. The highest BCUT2D eigenvalue weighted by molar-refractivity contribution is 6.30. The van der Waals surface area contributed by atoms with Gasteiger partial charge in [-0.1, -0.05) is 41.0 Å².